The summed E-state index contributed by atoms with van der Waals surface area (Å²) in [5, 5.41) is 4.06. The van der Waals surface area contributed by atoms with E-state index in [9.17, 15) is 4.79 Å². The minimum Gasteiger partial charge on any atom is -0.357 e. The molecule has 0 aromatic heterocycles. The number of carbonyl (C=O) groups excluding carboxylic acids is 1. The minimum absolute atomic E-state index is 0.238. The zero-order chi connectivity index (χ0) is 18.2. The zero-order valence-electron chi connectivity index (χ0n) is 16.3. The molecule has 25 heavy (non-hydrogen) atoms. The van der Waals surface area contributed by atoms with Gasteiger partial charge in [-0.05, 0) is 19.9 Å². The molecule has 0 spiro atoms. The van der Waals surface area contributed by atoms with Gasteiger partial charge in [-0.3, -0.25) is 9.79 Å². The predicted molar refractivity (Wildman–Crippen MR) is 107 cm³/mol. The smallest absolute Gasteiger partial charge is 0.224 e. The van der Waals surface area contributed by atoms with Gasteiger partial charge >= 0.3 is 0 Å². The first kappa shape index (κ1) is 20.4. The average Bonchev–Trinajstić information content (AvgIpc) is 2.61. The van der Waals surface area contributed by atoms with Crippen LogP contribution in [0.2, 0.25) is 0 Å². The first-order valence-corrected chi connectivity index (χ1v) is 10.7. The van der Waals surface area contributed by atoms with E-state index in [-0.39, 0.29) is 5.91 Å². The molecule has 1 amide bonds. The summed E-state index contributed by atoms with van der Waals surface area (Å²) in [4.78, 5) is 23.7. The Labute approximate surface area is 157 Å². The number of nitrogens with zero attached hydrogens (tertiary/aromatic N) is 4. The molecular formula is C18H35N5OS. The Morgan fingerprint density at radius 1 is 1.20 bits per heavy atom. The Balaban J connectivity index is 1.85. The van der Waals surface area contributed by atoms with Gasteiger partial charge in [0.25, 0.3) is 0 Å². The van der Waals surface area contributed by atoms with Crippen molar-refractivity contribution in [3.63, 3.8) is 0 Å². The highest BCUT2D eigenvalue weighted by Crippen LogP contribution is 2.24. The molecule has 2 rings (SSSR count). The van der Waals surface area contributed by atoms with Crippen LogP contribution < -0.4 is 5.32 Å². The van der Waals surface area contributed by atoms with Crippen molar-refractivity contribution in [2.45, 2.75) is 32.4 Å². The van der Waals surface area contributed by atoms with E-state index >= 15 is 0 Å². The second-order valence-electron chi connectivity index (χ2n) is 7.27. The summed E-state index contributed by atoms with van der Waals surface area (Å²) in [5.41, 5.74) is 0. The van der Waals surface area contributed by atoms with E-state index < -0.39 is 0 Å². The van der Waals surface area contributed by atoms with E-state index in [1.54, 1.807) is 0 Å². The largest absolute Gasteiger partial charge is 0.357 e. The number of nitrogens with one attached hydrogen (secondary N) is 1. The molecule has 144 valence electrons. The highest BCUT2D eigenvalue weighted by molar-refractivity contribution is 8.00. The van der Waals surface area contributed by atoms with Crippen LogP contribution in [0.15, 0.2) is 4.99 Å². The van der Waals surface area contributed by atoms with Crippen LogP contribution in [0.25, 0.3) is 0 Å². The van der Waals surface area contributed by atoms with Crippen LogP contribution in [-0.2, 0) is 4.79 Å². The van der Waals surface area contributed by atoms with Crippen LogP contribution in [0.1, 0.15) is 27.2 Å². The molecule has 6 nitrogen and oxygen atoms in total. The van der Waals surface area contributed by atoms with Crippen molar-refractivity contribution < 1.29 is 4.79 Å². The van der Waals surface area contributed by atoms with Crippen LogP contribution >= 0.6 is 11.8 Å². The lowest BCUT2D eigenvalue weighted by Crippen LogP contribution is -2.49. The van der Waals surface area contributed by atoms with E-state index in [0.29, 0.717) is 24.1 Å². The van der Waals surface area contributed by atoms with Gasteiger partial charge in [-0.15, -0.1) is 0 Å². The van der Waals surface area contributed by atoms with Crippen molar-refractivity contribution in [1.82, 2.24) is 20.0 Å². The molecule has 0 aromatic rings. The molecule has 2 saturated heterocycles. The number of guanidine groups is 1. The first-order valence-electron chi connectivity index (χ1n) is 9.62. The SMILES string of the molecule is CCNC(=NCCC(=O)N1CCN(C)CC1)N1CCSC(C(C)C)C1. The molecule has 1 atom stereocenters. The third-order valence-electron chi connectivity index (χ3n) is 4.91. The maximum Gasteiger partial charge on any atom is 0.224 e. The Kier molecular flexibility index (Phi) is 8.36. The lowest BCUT2D eigenvalue weighted by atomic mass is 10.1. The molecule has 1 N–H and O–H groups in total. The third kappa shape index (κ3) is 6.37. The predicted octanol–water partition coefficient (Wildman–Crippen LogP) is 1.19. The Morgan fingerprint density at radius 3 is 2.56 bits per heavy atom. The van der Waals surface area contributed by atoms with E-state index in [2.05, 4.69) is 54.7 Å². The zero-order valence-corrected chi connectivity index (χ0v) is 17.1. The summed E-state index contributed by atoms with van der Waals surface area (Å²) < 4.78 is 0. The maximum absolute atomic E-state index is 12.4. The third-order valence-corrected chi connectivity index (χ3v) is 6.45. The Bertz CT molecular complexity index is 449. The summed E-state index contributed by atoms with van der Waals surface area (Å²) >= 11 is 2.07. The van der Waals surface area contributed by atoms with Gasteiger partial charge in [-0.2, -0.15) is 11.8 Å². The highest BCUT2D eigenvalue weighted by atomic mass is 32.2. The quantitative estimate of drug-likeness (QED) is 0.583. The summed E-state index contributed by atoms with van der Waals surface area (Å²) in [5.74, 6) is 3.03. The van der Waals surface area contributed by atoms with Crippen molar-refractivity contribution in [3.05, 3.63) is 0 Å². The Hall–Kier alpha value is -0.950. The number of carbonyl (C=O) groups is 1. The standard InChI is InChI=1S/C18H35N5OS/c1-5-19-18(23-12-13-25-16(14-23)15(2)3)20-7-6-17(24)22-10-8-21(4)9-11-22/h15-16H,5-14H2,1-4H3,(H,19,20). The lowest BCUT2D eigenvalue weighted by molar-refractivity contribution is -0.132. The molecule has 0 aromatic carbocycles. The van der Waals surface area contributed by atoms with Crippen molar-refractivity contribution in [3.8, 4) is 0 Å². The highest BCUT2D eigenvalue weighted by Gasteiger charge is 2.25. The number of hydrogen-bond donors (Lipinski definition) is 1. The van der Waals surface area contributed by atoms with Crippen molar-refractivity contribution in [1.29, 1.82) is 0 Å². The second-order valence-corrected chi connectivity index (χ2v) is 8.62. The van der Waals surface area contributed by atoms with E-state index in [4.69, 9.17) is 4.99 Å². The molecule has 2 heterocycles. The normalized spacial score (nSPS) is 23.2. The fraction of sp³-hybridized carbons (Fsp3) is 0.889. The second kappa shape index (κ2) is 10.3. The number of amides is 1. The fourth-order valence-corrected chi connectivity index (χ4v) is 4.47. The van der Waals surface area contributed by atoms with Gasteiger partial charge in [0, 0.05) is 63.2 Å². The topological polar surface area (TPSA) is 51.2 Å². The van der Waals surface area contributed by atoms with Crippen molar-refractivity contribution >= 4 is 23.6 Å². The molecular weight excluding hydrogens is 334 g/mol. The van der Waals surface area contributed by atoms with Crippen LogP contribution in [0.4, 0.5) is 0 Å². The molecule has 0 aliphatic carbocycles. The maximum atomic E-state index is 12.4. The van der Waals surface area contributed by atoms with Crippen molar-refractivity contribution in [2.24, 2.45) is 10.9 Å². The van der Waals surface area contributed by atoms with Crippen LogP contribution in [0.5, 0.6) is 0 Å². The Morgan fingerprint density at radius 2 is 1.92 bits per heavy atom. The van der Waals surface area contributed by atoms with Crippen molar-refractivity contribution in [2.75, 3.05) is 65.2 Å². The van der Waals surface area contributed by atoms with Gasteiger partial charge in [0.15, 0.2) is 5.96 Å². The first-order chi connectivity index (χ1) is 12.0. The molecule has 0 radical (unpaired) electrons. The number of likely N-dealkylation sites (N-methyl/N-ethyl adjacent to an activating group) is 1. The number of hydrogen-bond acceptors (Lipinski definition) is 4. The molecule has 0 saturated carbocycles. The summed E-state index contributed by atoms with van der Waals surface area (Å²) in [6, 6.07) is 0. The number of piperazine rings is 1. The molecule has 2 aliphatic heterocycles. The van der Waals surface area contributed by atoms with E-state index in [0.717, 1.165) is 57.5 Å². The molecule has 2 aliphatic rings. The minimum atomic E-state index is 0.238. The monoisotopic (exact) mass is 369 g/mol. The van der Waals surface area contributed by atoms with Gasteiger partial charge < -0.3 is 20.0 Å². The molecule has 0 bridgehead atoms. The number of thioether (sulfide) groups is 1. The summed E-state index contributed by atoms with van der Waals surface area (Å²) in [6.45, 7) is 13.8. The van der Waals surface area contributed by atoms with Gasteiger partial charge in [-0.25, -0.2) is 0 Å². The molecule has 7 heteroatoms. The molecule has 2 fully saturated rings. The van der Waals surface area contributed by atoms with Crippen LogP contribution in [0, 0.1) is 5.92 Å². The average molecular weight is 370 g/mol. The van der Waals surface area contributed by atoms with Gasteiger partial charge in [0.05, 0.1) is 6.54 Å². The number of aliphatic imine (C=N–C) groups is 1. The summed E-state index contributed by atoms with van der Waals surface area (Å²) in [7, 11) is 2.11. The van der Waals surface area contributed by atoms with Gasteiger partial charge in [-0.1, -0.05) is 13.8 Å². The fourth-order valence-electron chi connectivity index (χ4n) is 3.17. The van der Waals surface area contributed by atoms with Gasteiger partial charge in [0.1, 0.15) is 0 Å². The summed E-state index contributed by atoms with van der Waals surface area (Å²) in [6.07, 6.45) is 0.509. The number of rotatable bonds is 5. The van der Waals surface area contributed by atoms with E-state index in [1.807, 2.05) is 4.90 Å². The van der Waals surface area contributed by atoms with Crippen LogP contribution in [0.3, 0.4) is 0 Å². The molecule has 1 unspecified atom stereocenters. The van der Waals surface area contributed by atoms with Crippen LogP contribution in [-0.4, -0.2) is 97.0 Å². The lowest BCUT2D eigenvalue weighted by Gasteiger charge is -2.36. The van der Waals surface area contributed by atoms with E-state index in [1.165, 1.54) is 0 Å². The van der Waals surface area contributed by atoms with Gasteiger partial charge in [0.2, 0.25) is 5.91 Å².